The second-order valence-electron chi connectivity index (χ2n) is 5.89. The van der Waals surface area contributed by atoms with Gasteiger partial charge in [-0.2, -0.15) is 18.2 Å². The molecule has 0 unspecified atom stereocenters. The number of hydrogen-bond donors (Lipinski definition) is 1. The van der Waals surface area contributed by atoms with Crippen molar-refractivity contribution in [3.63, 3.8) is 0 Å². The van der Waals surface area contributed by atoms with Crippen molar-refractivity contribution in [3.05, 3.63) is 11.6 Å². The lowest BCUT2D eigenvalue weighted by Gasteiger charge is -2.38. The largest absolute Gasteiger partial charge is 0.453 e. The number of aromatic nitrogens is 3. The van der Waals surface area contributed by atoms with E-state index in [-0.39, 0.29) is 18.4 Å². The lowest BCUT2D eigenvalue weighted by molar-refractivity contribution is -0.145. The summed E-state index contributed by atoms with van der Waals surface area (Å²) in [4.78, 5) is 17.5. The van der Waals surface area contributed by atoms with Gasteiger partial charge in [-0.15, -0.1) is 5.10 Å². The van der Waals surface area contributed by atoms with Crippen LogP contribution in [0.5, 0.6) is 0 Å². The van der Waals surface area contributed by atoms with Gasteiger partial charge in [0.25, 0.3) is 11.7 Å². The third-order valence-electron chi connectivity index (χ3n) is 4.52. The van der Waals surface area contributed by atoms with Gasteiger partial charge in [-0.3, -0.25) is 4.79 Å². The van der Waals surface area contributed by atoms with E-state index in [2.05, 4.69) is 10.1 Å². The second-order valence-corrected chi connectivity index (χ2v) is 5.89. The maximum atomic E-state index is 12.7. The summed E-state index contributed by atoms with van der Waals surface area (Å²) in [5.74, 6) is -1.42. The Balaban J connectivity index is 1.76. The number of fused-ring (bicyclic) bond motifs is 1. The molecule has 9 heteroatoms. The Labute approximate surface area is 125 Å². The van der Waals surface area contributed by atoms with Crippen molar-refractivity contribution in [3.8, 4) is 0 Å². The molecule has 1 aliphatic carbocycles. The molecule has 2 N–H and O–H groups in total. The van der Waals surface area contributed by atoms with Crippen LogP contribution in [0.25, 0.3) is 0 Å². The minimum atomic E-state index is -4.63. The van der Waals surface area contributed by atoms with Gasteiger partial charge in [0.2, 0.25) is 5.82 Å². The molecule has 1 amide bonds. The van der Waals surface area contributed by atoms with E-state index in [1.165, 1.54) is 0 Å². The van der Waals surface area contributed by atoms with Crippen molar-refractivity contribution in [2.45, 2.75) is 44.4 Å². The fraction of sp³-hybridized carbons (Fsp3) is 0.769. The summed E-state index contributed by atoms with van der Waals surface area (Å²) in [6.07, 6.45) is -1.05. The molecule has 6 nitrogen and oxygen atoms in total. The highest BCUT2D eigenvalue weighted by atomic mass is 19.4. The van der Waals surface area contributed by atoms with Crippen LogP contribution in [0.1, 0.15) is 42.1 Å². The molecule has 0 aromatic carbocycles. The molecule has 2 heterocycles. The zero-order valence-electron chi connectivity index (χ0n) is 12.0. The molecule has 1 aromatic heterocycles. The molecule has 0 bridgehead atoms. The minimum Gasteiger partial charge on any atom is -0.331 e. The van der Waals surface area contributed by atoms with Crippen molar-refractivity contribution >= 4 is 5.91 Å². The molecule has 2 aliphatic rings. The van der Waals surface area contributed by atoms with Gasteiger partial charge < -0.3 is 10.6 Å². The molecule has 122 valence electrons. The third-order valence-corrected chi connectivity index (χ3v) is 4.52. The number of alkyl halides is 3. The number of rotatable bonds is 2. The molecular formula is C13H18F3N5O. The maximum absolute atomic E-state index is 12.7. The van der Waals surface area contributed by atoms with Crippen molar-refractivity contribution in [1.82, 2.24) is 19.7 Å². The Hall–Kier alpha value is -1.64. The minimum absolute atomic E-state index is 0.0649. The zero-order valence-corrected chi connectivity index (χ0v) is 12.0. The Morgan fingerprint density at radius 1 is 1.18 bits per heavy atom. The number of carbonyl (C=O) groups excluding carboxylic acids is 1. The van der Waals surface area contributed by atoms with Crippen LogP contribution in [0.4, 0.5) is 13.2 Å². The molecule has 1 aromatic rings. The molecular weight excluding hydrogens is 299 g/mol. The fourth-order valence-electron chi connectivity index (χ4n) is 3.25. The number of hydrogen-bond acceptors (Lipinski definition) is 4. The first-order valence-corrected chi connectivity index (χ1v) is 7.43. The SMILES string of the molecule is NCC1CCC(N2CCn3nc(C(F)(F)F)nc3C2=O)CC1. The average Bonchev–Trinajstić information content (AvgIpc) is 2.93. The summed E-state index contributed by atoms with van der Waals surface area (Å²) in [7, 11) is 0. The van der Waals surface area contributed by atoms with Crippen LogP contribution < -0.4 is 5.73 Å². The lowest BCUT2D eigenvalue weighted by atomic mass is 9.85. The van der Waals surface area contributed by atoms with Crippen LogP contribution in [-0.2, 0) is 12.7 Å². The van der Waals surface area contributed by atoms with Crippen LogP contribution >= 0.6 is 0 Å². The van der Waals surface area contributed by atoms with Crippen LogP contribution in [-0.4, -0.2) is 44.7 Å². The van der Waals surface area contributed by atoms with Gasteiger partial charge in [-0.25, -0.2) is 4.68 Å². The fourth-order valence-corrected chi connectivity index (χ4v) is 3.25. The summed E-state index contributed by atoms with van der Waals surface area (Å²) in [6.45, 7) is 1.27. The molecule has 1 aliphatic heterocycles. The predicted molar refractivity (Wildman–Crippen MR) is 70.9 cm³/mol. The molecule has 0 spiro atoms. The number of amides is 1. The highest BCUT2D eigenvalue weighted by Crippen LogP contribution is 2.30. The van der Waals surface area contributed by atoms with Gasteiger partial charge in [0.15, 0.2) is 0 Å². The molecule has 0 atom stereocenters. The first-order chi connectivity index (χ1) is 10.4. The van der Waals surface area contributed by atoms with Gasteiger partial charge in [-0.05, 0) is 38.1 Å². The van der Waals surface area contributed by atoms with Gasteiger partial charge in [-0.1, -0.05) is 0 Å². The molecule has 0 saturated heterocycles. The van der Waals surface area contributed by atoms with Crippen LogP contribution in [0, 0.1) is 5.92 Å². The molecule has 1 saturated carbocycles. The third kappa shape index (κ3) is 2.69. The number of carbonyl (C=O) groups is 1. The Bertz CT molecular complexity index is 563. The summed E-state index contributed by atoms with van der Waals surface area (Å²) in [6, 6.07) is 0.0649. The smallest absolute Gasteiger partial charge is 0.331 e. The molecule has 22 heavy (non-hydrogen) atoms. The van der Waals surface area contributed by atoms with Crippen molar-refractivity contribution < 1.29 is 18.0 Å². The van der Waals surface area contributed by atoms with Crippen LogP contribution in [0.3, 0.4) is 0 Å². The first-order valence-electron chi connectivity index (χ1n) is 7.43. The zero-order chi connectivity index (χ0) is 15.9. The Morgan fingerprint density at radius 3 is 2.45 bits per heavy atom. The normalized spacial score (nSPS) is 26.2. The van der Waals surface area contributed by atoms with Gasteiger partial charge in [0.05, 0.1) is 6.54 Å². The second kappa shape index (κ2) is 5.53. The van der Waals surface area contributed by atoms with E-state index in [1.54, 1.807) is 4.90 Å². The average molecular weight is 317 g/mol. The highest BCUT2D eigenvalue weighted by molar-refractivity contribution is 5.91. The van der Waals surface area contributed by atoms with Gasteiger partial charge in [0, 0.05) is 12.6 Å². The van der Waals surface area contributed by atoms with Gasteiger partial charge >= 0.3 is 6.18 Å². The summed E-state index contributed by atoms with van der Waals surface area (Å²) in [5.41, 5.74) is 5.65. The summed E-state index contributed by atoms with van der Waals surface area (Å²) in [5, 5.41) is 3.39. The van der Waals surface area contributed by atoms with E-state index in [9.17, 15) is 18.0 Å². The Kier molecular flexibility index (Phi) is 3.84. The van der Waals surface area contributed by atoms with Crippen molar-refractivity contribution in [2.75, 3.05) is 13.1 Å². The Morgan fingerprint density at radius 2 is 1.86 bits per heavy atom. The van der Waals surface area contributed by atoms with E-state index < -0.39 is 17.9 Å². The van der Waals surface area contributed by atoms with Crippen LogP contribution in [0.15, 0.2) is 0 Å². The number of halogens is 3. The summed E-state index contributed by atoms with van der Waals surface area (Å²) >= 11 is 0. The number of nitrogens with zero attached hydrogens (tertiary/aromatic N) is 4. The van der Waals surface area contributed by atoms with E-state index in [0.29, 0.717) is 19.0 Å². The lowest BCUT2D eigenvalue weighted by Crippen LogP contribution is -2.48. The quantitative estimate of drug-likeness (QED) is 0.891. The van der Waals surface area contributed by atoms with Gasteiger partial charge in [0.1, 0.15) is 0 Å². The number of nitrogens with two attached hydrogens (primary N) is 1. The first kappa shape index (κ1) is 15.3. The standard InChI is InChI=1S/C13H18F3N5O/c14-13(15,16)12-18-10-11(22)20(5-6-21(10)19-12)9-3-1-8(7-17)2-4-9/h8-9H,1-7,17H2. The van der Waals surface area contributed by atoms with Crippen molar-refractivity contribution in [1.29, 1.82) is 0 Å². The topological polar surface area (TPSA) is 77.0 Å². The van der Waals surface area contributed by atoms with E-state index >= 15 is 0 Å². The summed E-state index contributed by atoms with van der Waals surface area (Å²) < 4.78 is 39.0. The van der Waals surface area contributed by atoms with Crippen LogP contribution in [0.2, 0.25) is 0 Å². The maximum Gasteiger partial charge on any atom is 0.453 e. The van der Waals surface area contributed by atoms with Crippen molar-refractivity contribution in [2.24, 2.45) is 11.7 Å². The molecule has 1 fully saturated rings. The van der Waals surface area contributed by atoms with E-state index in [1.807, 2.05) is 0 Å². The highest BCUT2D eigenvalue weighted by Gasteiger charge is 2.41. The molecule has 3 rings (SSSR count). The monoisotopic (exact) mass is 317 g/mol. The van der Waals surface area contributed by atoms with E-state index in [0.717, 1.165) is 30.4 Å². The molecule has 0 radical (unpaired) electrons. The van der Waals surface area contributed by atoms with E-state index in [4.69, 9.17) is 5.73 Å². The predicted octanol–water partition coefficient (Wildman–Crippen LogP) is 1.27.